The van der Waals surface area contributed by atoms with Gasteiger partial charge in [-0.3, -0.25) is 0 Å². The molecular weight excluding hydrogens is 465 g/mol. The van der Waals surface area contributed by atoms with Crippen LogP contribution in [-0.4, -0.2) is 19.0 Å². The fourth-order valence-corrected chi connectivity index (χ4v) is 5.13. The van der Waals surface area contributed by atoms with E-state index in [1.807, 2.05) is 48.5 Å². The van der Waals surface area contributed by atoms with E-state index in [-0.39, 0.29) is 5.75 Å². The van der Waals surface area contributed by atoms with Crippen molar-refractivity contribution in [2.75, 3.05) is 0 Å². The molecule has 1 N–H and O–H groups in total. The van der Waals surface area contributed by atoms with Gasteiger partial charge in [0, 0.05) is 0 Å². The van der Waals surface area contributed by atoms with Crippen molar-refractivity contribution in [2.45, 2.75) is 10.9 Å². The number of phenols is 1. The summed E-state index contributed by atoms with van der Waals surface area (Å²) in [7, 11) is -5.78. The number of rotatable bonds is 4. The Labute approximate surface area is 194 Å². The molecule has 0 spiro atoms. The zero-order valence-corrected chi connectivity index (χ0v) is 18.3. The molecule has 0 aliphatic heterocycles. The van der Waals surface area contributed by atoms with E-state index in [9.17, 15) is 26.7 Å². The molecule has 0 unspecified atom stereocenters. The van der Waals surface area contributed by atoms with Crippen LogP contribution in [0.2, 0.25) is 0 Å². The van der Waals surface area contributed by atoms with Gasteiger partial charge >= 0.3 is 15.6 Å². The molecule has 0 heterocycles. The molecule has 8 heteroatoms. The Kier molecular flexibility index (Phi) is 4.95. The molecule has 0 atom stereocenters. The van der Waals surface area contributed by atoms with E-state index >= 15 is 0 Å². The summed E-state index contributed by atoms with van der Waals surface area (Å²) in [4.78, 5) is 0. The van der Waals surface area contributed by atoms with Gasteiger partial charge in [0.05, 0.1) is 5.41 Å². The Hall–Kier alpha value is -3.78. The highest BCUT2D eigenvalue weighted by Crippen LogP contribution is 2.56. The lowest BCUT2D eigenvalue weighted by molar-refractivity contribution is -0.0500. The summed E-state index contributed by atoms with van der Waals surface area (Å²) < 4.78 is 65.4. The number of phenolic OH excluding ortho intramolecular Hbond substituents is 1. The second-order valence-electron chi connectivity index (χ2n) is 7.90. The lowest BCUT2D eigenvalue weighted by atomic mass is 9.68. The molecule has 172 valence electrons. The molecule has 0 radical (unpaired) electrons. The molecular formula is C26H17F3O4S. The minimum Gasteiger partial charge on any atom is -0.508 e. The van der Waals surface area contributed by atoms with Gasteiger partial charge in [-0.25, -0.2) is 0 Å². The van der Waals surface area contributed by atoms with Gasteiger partial charge in [0.25, 0.3) is 0 Å². The molecule has 0 saturated heterocycles. The van der Waals surface area contributed by atoms with Crippen LogP contribution >= 0.6 is 0 Å². The average molecular weight is 482 g/mol. The van der Waals surface area contributed by atoms with E-state index in [4.69, 9.17) is 0 Å². The standard InChI is InChI=1S/C26H17F3O4S/c27-26(28,29)34(31,32)33-20-15-11-18(12-16-20)25(17-9-13-19(30)14-10-17)23-7-3-1-5-21(23)22-6-2-4-8-24(22)25/h1-16,30H. The third-order valence-electron chi connectivity index (χ3n) is 6.03. The van der Waals surface area contributed by atoms with Crippen molar-refractivity contribution in [1.29, 1.82) is 0 Å². The minimum absolute atomic E-state index is 0.0968. The van der Waals surface area contributed by atoms with Gasteiger partial charge in [-0.2, -0.15) is 21.6 Å². The first kappa shape index (κ1) is 22.0. The van der Waals surface area contributed by atoms with Crippen molar-refractivity contribution < 1.29 is 30.9 Å². The first-order chi connectivity index (χ1) is 16.1. The van der Waals surface area contributed by atoms with Crippen molar-refractivity contribution in [1.82, 2.24) is 0 Å². The summed E-state index contributed by atoms with van der Waals surface area (Å²) in [5, 5.41) is 9.89. The van der Waals surface area contributed by atoms with Crippen LogP contribution in [0.25, 0.3) is 11.1 Å². The lowest BCUT2D eigenvalue weighted by Gasteiger charge is -2.34. The maximum atomic E-state index is 12.8. The Morgan fingerprint density at radius 2 is 1.12 bits per heavy atom. The lowest BCUT2D eigenvalue weighted by Crippen LogP contribution is -2.29. The molecule has 0 bridgehead atoms. The third kappa shape index (κ3) is 3.25. The number of hydrogen-bond acceptors (Lipinski definition) is 4. The first-order valence-electron chi connectivity index (χ1n) is 10.2. The van der Waals surface area contributed by atoms with Crippen LogP contribution in [-0.2, 0) is 15.5 Å². The van der Waals surface area contributed by atoms with Crippen molar-refractivity contribution in [3.63, 3.8) is 0 Å². The van der Waals surface area contributed by atoms with E-state index in [2.05, 4.69) is 4.18 Å². The summed E-state index contributed by atoms with van der Waals surface area (Å²) in [5.41, 5.74) is -0.911. The Balaban J connectivity index is 1.74. The number of hydrogen-bond donors (Lipinski definition) is 1. The predicted octanol–water partition coefficient (Wildman–Crippen LogP) is 5.98. The normalized spacial score (nSPS) is 14.3. The van der Waals surface area contributed by atoms with E-state index in [1.165, 1.54) is 12.1 Å². The van der Waals surface area contributed by atoms with E-state index in [1.54, 1.807) is 36.4 Å². The van der Waals surface area contributed by atoms with Crippen LogP contribution in [0.4, 0.5) is 13.2 Å². The van der Waals surface area contributed by atoms with Gasteiger partial charge < -0.3 is 9.29 Å². The average Bonchev–Trinajstić information content (AvgIpc) is 3.11. The topological polar surface area (TPSA) is 63.6 Å². The smallest absolute Gasteiger partial charge is 0.508 e. The number of halogens is 3. The highest BCUT2D eigenvalue weighted by atomic mass is 32.2. The van der Waals surface area contributed by atoms with Crippen LogP contribution in [0.5, 0.6) is 11.5 Å². The van der Waals surface area contributed by atoms with Gasteiger partial charge in [0.2, 0.25) is 0 Å². The van der Waals surface area contributed by atoms with E-state index in [0.29, 0.717) is 5.56 Å². The van der Waals surface area contributed by atoms with Crippen molar-refractivity contribution >= 4 is 10.1 Å². The first-order valence-corrected chi connectivity index (χ1v) is 11.7. The number of benzene rings is 4. The van der Waals surface area contributed by atoms with Gasteiger partial charge in [-0.15, -0.1) is 0 Å². The summed E-state index contributed by atoms with van der Waals surface area (Å²) in [6.07, 6.45) is 0. The van der Waals surface area contributed by atoms with Crippen LogP contribution in [0.15, 0.2) is 97.1 Å². The van der Waals surface area contributed by atoms with Gasteiger partial charge in [0.1, 0.15) is 11.5 Å². The molecule has 1 aliphatic rings. The second-order valence-corrected chi connectivity index (χ2v) is 9.43. The number of alkyl halides is 3. The fraction of sp³-hybridized carbons (Fsp3) is 0.0769. The van der Waals surface area contributed by atoms with Gasteiger partial charge in [-0.1, -0.05) is 72.8 Å². The molecule has 0 amide bonds. The van der Waals surface area contributed by atoms with Gasteiger partial charge in [-0.05, 0) is 57.6 Å². The van der Waals surface area contributed by atoms with Crippen LogP contribution in [0.3, 0.4) is 0 Å². The highest BCUT2D eigenvalue weighted by molar-refractivity contribution is 7.88. The molecule has 0 fully saturated rings. The molecule has 0 aromatic heterocycles. The summed E-state index contributed by atoms with van der Waals surface area (Å²) in [6.45, 7) is 0. The number of aromatic hydroxyl groups is 1. The third-order valence-corrected chi connectivity index (χ3v) is 7.01. The van der Waals surface area contributed by atoms with Crippen LogP contribution < -0.4 is 4.18 Å². The largest absolute Gasteiger partial charge is 0.534 e. The van der Waals surface area contributed by atoms with Crippen LogP contribution in [0, 0.1) is 0 Å². The Morgan fingerprint density at radius 3 is 1.59 bits per heavy atom. The summed E-state index contributed by atoms with van der Waals surface area (Å²) in [5.74, 6) is -0.346. The fourth-order valence-electron chi connectivity index (χ4n) is 4.67. The molecule has 0 saturated carbocycles. The zero-order chi connectivity index (χ0) is 24.1. The highest BCUT2D eigenvalue weighted by Gasteiger charge is 2.49. The minimum atomic E-state index is -5.78. The molecule has 4 aromatic rings. The van der Waals surface area contributed by atoms with Crippen molar-refractivity contribution in [3.05, 3.63) is 119 Å². The number of fused-ring (bicyclic) bond motifs is 3. The molecule has 4 aromatic carbocycles. The molecule has 5 rings (SSSR count). The predicted molar refractivity (Wildman–Crippen MR) is 121 cm³/mol. The zero-order valence-electron chi connectivity index (χ0n) is 17.5. The second kappa shape index (κ2) is 7.63. The van der Waals surface area contributed by atoms with Gasteiger partial charge in [0.15, 0.2) is 0 Å². The van der Waals surface area contributed by atoms with Crippen molar-refractivity contribution in [2.24, 2.45) is 0 Å². The SMILES string of the molecule is O=S(=O)(Oc1ccc(C2(c3ccc(O)cc3)c3ccccc3-c3ccccc32)cc1)C(F)(F)F. The Morgan fingerprint density at radius 1 is 0.676 bits per heavy atom. The molecule has 1 aliphatic carbocycles. The van der Waals surface area contributed by atoms with Crippen LogP contribution in [0.1, 0.15) is 22.3 Å². The maximum Gasteiger partial charge on any atom is 0.534 e. The monoisotopic (exact) mass is 482 g/mol. The maximum absolute atomic E-state index is 12.8. The summed E-state index contributed by atoms with van der Waals surface area (Å²) in [6, 6.07) is 28.0. The quantitative estimate of drug-likeness (QED) is 0.253. The summed E-state index contributed by atoms with van der Waals surface area (Å²) >= 11 is 0. The molecule has 34 heavy (non-hydrogen) atoms. The molecule has 4 nitrogen and oxygen atoms in total. The van der Waals surface area contributed by atoms with Crippen molar-refractivity contribution in [3.8, 4) is 22.6 Å². The van der Waals surface area contributed by atoms with E-state index < -0.39 is 26.8 Å². The Bertz CT molecular complexity index is 1430. The van der Waals surface area contributed by atoms with E-state index in [0.717, 1.165) is 27.8 Å².